The Bertz CT molecular complexity index is 20.4. The minimum absolute atomic E-state index is 0. The first kappa shape index (κ1) is 7.19. The van der Waals surface area contributed by atoms with E-state index in [0.29, 0.717) is 0 Å². The van der Waals surface area contributed by atoms with E-state index >= 15 is 0 Å². The number of hydrogen-bond donors (Lipinski definition) is 0. The van der Waals surface area contributed by atoms with Gasteiger partial charge < -0.3 is 0 Å². The van der Waals surface area contributed by atoms with Crippen molar-refractivity contribution in [3.8, 4) is 0 Å². The first-order valence-corrected chi connectivity index (χ1v) is 4.23. The molecule has 0 nitrogen and oxygen atoms in total. The fourth-order valence-electron chi connectivity index (χ4n) is 0.295. The Kier molecular flexibility index (Phi) is 5.22. The number of hydrogen-bond acceptors (Lipinski definition) is 2. The van der Waals surface area contributed by atoms with Crippen LogP contribution in [0.1, 0.15) is 6.42 Å². The Morgan fingerprint density at radius 2 is 1.50 bits per heavy atom. The quantitative estimate of drug-likeness (QED) is 0.396. The second-order valence-corrected chi connectivity index (χ2v) is 3.70. The molecule has 0 N–H and O–H groups in total. The van der Waals surface area contributed by atoms with Crippen molar-refractivity contribution in [2.75, 3.05) is 11.5 Å². The molecule has 1 aliphatic heterocycles. The molecule has 1 fully saturated rings. The predicted molar refractivity (Wildman–Crippen MR) is 29.5 cm³/mol. The van der Waals surface area contributed by atoms with Crippen LogP contribution in [0.4, 0.5) is 0 Å². The van der Waals surface area contributed by atoms with Gasteiger partial charge in [0.2, 0.25) is 0 Å². The Labute approximate surface area is 56.2 Å². The zero-order valence-corrected chi connectivity index (χ0v) is 5.87. The number of rotatable bonds is 0. The fraction of sp³-hybridized carbons (Fsp3) is 1.00. The fourth-order valence-corrected chi connectivity index (χ4v) is 2.65. The topological polar surface area (TPSA) is 0 Å². The van der Waals surface area contributed by atoms with E-state index in [9.17, 15) is 0 Å². The van der Waals surface area contributed by atoms with Gasteiger partial charge in [-0.1, -0.05) is 21.6 Å². The van der Waals surface area contributed by atoms with E-state index in [1.165, 1.54) is 17.9 Å². The van der Waals surface area contributed by atoms with E-state index in [-0.39, 0.29) is 16.5 Å². The van der Waals surface area contributed by atoms with Gasteiger partial charge in [-0.05, 0) is 6.42 Å². The zero-order chi connectivity index (χ0) is 3.54. The van der Waals surface area contributed by atoms with Crippen LogP contribution in [-0.4, -0.2) is 11.5 Å². The second kappa shape index (κ2) is 4.35. The van der Waals surface area contributed by atoms with Crippen LogP contribution in [0.3, 0.4) is 0 Å². The minimum Gasteiger partial charge on any atom is -0.0941 e. The monoisotopic (exact) mass is 164 g/mol. The molecule has 0 unspecified atom stereocenters. The first-order valence-electron chi connectivity index (χ1n) is 1.74. The van der Waals surface area contributed by atoms with Crippen LogP contribution in [-0.2, 0) is 16.5 Å². The molecule has 0 amide bonds. The smallest absolute Gasteiger partial charge is 0.00450 e. The summed E-state index contributed by atoms with van der Waals surface area (Å²) in [5.41, 5.74) is 0. The van der Waals surface area contributed by atoms with E-state index in [1.54, 1.807) is 0 Å². The molecule has 0 aromatic rings. The molecule has 6 heavy (non-hydrogen) atoms. The molecule has 0 saturated carbocycles. The molecule has 0 aromatic carbocycles. The van der Waals surface area contributed by atoms with E-state index in [4.69, 9.17) is 0 Å². The molecule has 0 aliphatic carbocycles. The molecule has 0 bridgehead atoms. The molecule has 1 rings (SSSR count). The summed E-state index contributed by atoms with van der Waals surface area (Å²) in [4.78, 5) is 0. The molecular weight excluding hydrogens is 159 g/mol. The molecular formula is C3H6NiS2. The zero-order valence-electron chi connectivity index (χ0n) is 3.25. The summed E-state index contributed by atoms with van der Waals surface area (Å²) in [5, 5.41) is 0. The summed E-state index contributed by atoms with van der Waals surface area (Å²) in [6.07, 6.45) is 1.43. The van der Waals surface area contributed by atoms with Crippen molar-refractivity contribution in [2.45, 2.75) is 6.42 Å². The van der Waals surface area contributed by atoms with Gasteiger partial charge in [0.05, 0.1) is 0 Å². The van der Waals surface area contributed by atoms with E-state index in [1.807, 2.05) is 21.6 Å². The summed E-state index contributed by atoms with van der Waals surface area (Å²) < 4.78 is 0. The maximum Gasteiger partial charge on any atom is 0.00450 e. The molecule has 3 heteroatoms. The van der Waals surface area contributed by atoms with Crippen LogP contribution in [0.15, 0.2) is 0 Å². The average molecular weight is 165 g/mol. The first-order chi connectivity index (χ1) is 2.50. The van der Waals surface area contributed by atoms with Crippen molar-refractivity contribution in [1.82, 2.24) is 0 Å². The van der Waals surface area contributed by atoms with Gasteiger partial charge in [0.25, 0.3) is 0 Å². The third kappa shape index (κ3) is 2.38. The Morgan fingerprint density at radius 1 is 1.00 bits per heavy atom. The van der Waals surface area contributed by atoms with Crippen LogP contribution < -0.4 is 0 Å². The van der Waals surface area contributed by atoms with Gasteiger partial charge in [0, 0.05) is 28.0 Å². The molecule has 1 heterocycles. The summed E-state index contributed by atoms with van der Waals surface area (Å²) in [5.74, 6) is 2.76. The molecule has 1 aliphatic rings. The van der Waals surface area contributed by atoms with Crippen molar-refractivity contribution < 1.29 is 16.5 Å². The van der Waals surface area contributed by atoms with E-state index in [0.717, 1.165) is 0 Å². The van der Waals surface area contributed by atoms with Crippen LogP contribution in [0, 0.1) is 0 Å². The van der Waals surface area contributed by atoms with Crippen molar-refractivity contribution in [1.29, 1.82) is 0 Å². The van der Waals surface area contributed by atoms with Crippen molar-refractivity contribution >= 4 is 21.6 Å². The summed E-state index contributed by atoms with van der Waals surface area (Å²) in [6, 6.07) is 0. The standard InChI is InChI=1S/C3H6S2.Ni/c1-2-4-5-3-1;/h1-3H2;. The maximum atomic E-state index is 1.99. The normalized spacial score (nSPS) is 20.0. The summed E-state index contributed by atoms with van der Waals surface area (Å²) >= 11 is 0. The van der Waals surface area contributed by atoms with Gasteiger partial charge in [0.1, 0.15) is 0 Å². The van der Waals surface area contributed by atoms with Crippen LogP contribution in [0.2, 0.25) is 0 Å². The van der Waals surface area contributed by atoms with Gasteiger partial charge >= 0.3 is 0 Å². The van der Waals surface area contributed by atoms with Crippen LogP contribution in [0.25, 0.3) is 0 Å². The Balaban J connectivity index is 0.000000250. The van der Waals surface area contributed by atoms with Gasteiger partial charge in [-0.2, -0.15) is 0 Å². The van der Waals surface area contributed by atoms with Crippen molar-refractivity contribution in [3.05, 3.63) is 0 Å². The summed E-state index contributed by atoms with van der Waals surface area (Å²) in [6.45, 7) is 0. The largest absolute Gasteiger partial charge is 0.0941 e. The van der Waals surface area contributed by atoms with E-state index < -0.39 is 0 Å². The third-order valence-corrected chi connectivity index (χ3v) is 3.12. The van der Waals surface area contributed by atoms with Crippen LogP contribution in [0.5, 0.6) is 0 Å². The minimum atomic E-state index is 0. The molecule has 1 saturated heterocycles. The van der Waals surface area contributed by atoms with Gasteiger partial charge in [0.15, 0.2) is 0 Å². The molecule has 40 valence electrons. The summed E-state index contributed by atoms with van der Waals surface area (Å²) in [7, 11) is 3.98. The van der Waals surface area contributed by atoms with Crippen molar-refractivity contribution in [3.63, 3.8) is 0 Å². The molecule has 0 radical (unpaired) electrons. The Morgan fingerprint density at radius 3 is 1.67 bits per heavy atom. The molecule has 0 aromatic heterocycles. The van der Waals surface area contributed by atoms with Gasteiger partial charge in [-0.3, -0.25) is 0 Å². The maximum absolute atomic E-state index is 1.99. The van der Waals surface area contributed by atoms with Gasteiger partial charge in [-0.25, -0.2) is 0 Å². The average Bonchev–Trinajstić information content (AvgIpc) is 1.76. The van der Waals surface area contributed by atoms with Gasteiger partial charge in [-0.15, -0.1) is 0 Å². The van der Waals surface area contributed by atoms with Crippen LogP contribution >= 0.6 is 21.6 Å². The molecule has 0 atom stereocenters. The Hall–Kier alpha value is 1.19. The predicted octanol–water partition coefficient (Wildman–Crippen LogP) is 1.77. The molecule has 0 spiro atoms. The van der Waals surface area contributed by atoms with E-state index in [2.05, 4.69) is 0 Å². The second-order valence-electron chi connectivity index (χ2n) is 0.998. The van der Waals surface area contributed by atoms with Crippen molar-refractivity contribution in [2.24, 2.45) is 0 Å². The SMILES string of the molecule is C1CSSC1.[Ni]. The third-order valence-electron chi connectivity index (χ3n) is 0.539.